The second-order valence-electron chi connectivity index (χ2n) is 5.91. The van der Waals surface area contributed by atoms with Crippen LogP contribution in [0.4, 0.5) is 0 Å². The average Bonchev–Trinajstić information content (AvgIpc) is 2.93. The lowest BCUT2D eigenvalue weighted by molar-refractivity contribution is -0.119. The number of nitrogens with one attached hydrogen (secondary N) is 1. The molecule has 0 spiro atoms. The fraction of sp³-hybridized carbons (Fsp3) is 0.562. The maximum atomic E-state index is 11.3. The Morgan fingerprint density at radius 2 is 2.36 bits per heavy atom. The van der Waals surface area contributed by atoms with E-state index < -0.39 is 0 Å². The van der Waals surface area contributed by atoms with Crippen molar-refractivity contribution < 1.29 is 9.53 Å². The van der Waals surface area contributed by atoms with E-state index >= 15 is 0 Å². The molecule has 0 aromatic carbocycles. The molecule has 0 radical (unpaired) electrons. The average molecular weight is 322 g/mol. The highest BCUT2D eigenvalue weighted by molar-refractivity contribution is 6.29. The Bertz CT molecular complexity index is 704. The zero-order valence-electron chi connectivity index (χ0n) is 12.8. The van der Waals surface area contributed by atoms with Crippen LogP contribution in [-0.4, -0.2) is 29.6 Å². The lowest BCUT2D eigenvalue weighted by atomic mass is 10.0. The minimum atomic E-state index is -0.105. The van der Waals surface area contributed by atoms with Crippen LogP contribution < -0.4 is 20.6 Å². The first kappa shape index (κ1) is 15.3. The van der Waals surface area contributed by atoms with Crippen molar-refractivity contribution in [2.45, 2.75) is 45.3 Å². The van der Waals surface area contributed by atoms with Crippen LogP contribution in [-0.2, 0) is 4.79 Å². The highest BCUT2D eigenvalue weighted by Crippen LogP contribution is 2.18. The lowest BCUT2D eigenvalue weighted by Crippen LogP contribution is -2.36. The van der Waals surface area contributed by atoms with E-state index in [0.29, 0.717) is 30.0 Å². The number of pyridine rings is 1. The van der Waals surface area contributed by atoms with Crippen LogP contribution in [0.25, 0.3) is 6.08 Å². The Morgan fingerprint density at radius 3 is 3.05 bits per heavy atom. The smallest absolute Gasteiger partial charge is 0.224 e. The SMILES string of the molecule is CCC1CC=c2c(OC(C)C3CNC(=O)C3)nc(Cl)cc2=N1. The molecule has 0 saturated carbocycles. The summed E-state index contributed by atoms with van der Waals surface area (Å²) in [6.45, 7) is 4.74. The monoisotopic (exact) mass is 321 g/mol. The van der Waals surface area contributed by atoms with Crippen molar-refractivity contribution in [2.24, 2.45) is 10.9 Å². The van der Waals surface area contributed by atoms with Crippen LogP contribution >= 0.6 is 11.6 Å². The highest BCUT2D eigenvalue weighted by atomic mass is 35.5. The van der Waals surface area contributed by atoms with E-state index in [-0.39, 0.29) is 17.9 Å². The van der Waals surface area contributed by atoms with Gasteiger partial charge in [-0.25, -0.2) is 4.98 Å². The summed E-state index contributed by atoms with van der Waals surface area (Å²) >= 11 is 6.11. The third-order valence-electron chi connectivity index (χ3n) is 4.33. The standard InChI is InChI=1S/C16H20ClN3O2/c1-3-11-4-5-12-13(19-11)7-14(17)20-16(12)22-9(2)10-6-15(21)18-8-10/h5,7,9-11H,3-4,6,8H2,1-2H3,(H,18,21). The molecule has 6 heteroatoms. The van der Waals surface area contributed by atoms with E-state index in [4.69, 9.17) is 21.3 Å². The van der Waals surface area contributed by atoms with Crippen molar-refractivity contribution in [1.29, 1.82) is 0 Å². The Morgan fingerprint density at radius 1 is 1.55 bits per heavy atom. The molecule has 1 fully saturated rings. The number of fused-ring (bicyclic) bond motifs is 1. The zero-order chi connectivity index (χ0) is 15.7. The van der Waals surface area contributed by atoms with Gasteiger partial charge in [-0.2, -0.15) is 0 Å². The molecule has 3 unspecified atom stereocenters. The molecule has 1 saturated heterocycles. The number of aromatic nitrogens is 1. The molecule has 5 nitrogen and oxygen atoms in total. The number of hydrogen-bond donors (Lipinski definition) is 1. The topological polar surface area (TPSA) is 63.6 Å². The maximum Gasteiger partial charge on any atom is 0.224 e. The summed E-state index contributed by atoms with van der Waals surface area (Å²) in [7, 11) is 0. The summed E-state index contributed by atoms with van der Waals surface area (Å²) in [4.78, 5) is 20.4. The summed E-state index contributed by atoms with van der Waals surface area (Å²) in [5, 5.41) is 4.98. The van der Waals surface area contributed by atoms with Crippen LogP contribution in [0.15, 0.2) is 11.1 Å². The van der Waals surface area contributed by atoms with Crippen molar-refractivity contribution in [3.8, 4) is 5.88 Å². The second-order valence-corrected chi connectivity index (χ2v) is 6.29. The van der Waals surface area contributed by atoms with E-state index in [0.717, 1.165) is 23.4 Å². The van der Waals surface area contributed by atoms with Crippen LogP contribution in [0.1, 0.15) is 33.1 Å². The van der Waals surface area contributed by atoms with E-state index in [1.54, 1.807) is 6.07 Å². The molecule has 2 aliphatic heterocycles. The summed E-state index contributed by atoms with van der Waals surface area (Å²) < 4.78 is 6.02. The van der Waals surface area contributed by atoms with Gasteiger partial charge in [0.05, 0.1) is 16.6 Å². The predicted molar refractivity (Wildman–Crippen MR) is 84.4 cm³/mol. The molecule has 1 N–H and O–H groups in total. The Kier molecular flexibility index (Phi) is 4.34. The number of halogens is 1. The van der Waals surface area contributed by atoms with E-state index in [1.165, 1.54) is 0 Å². The fourth-order valence-corrected chi connectivity index (χ4v) is 3.05. The zero-order valence-corrected chi connectivity index (χ0v) is 13.6. The highest BCUT2D eigenvalue weighted by Gasteiger charge is 2.28. The molecule has 0 bridgehead atoms. The third-order valence-corrected chi connectivity index (χ3v) is 4.52. The number of ether oxygens (including phenoxy) is 1. The van der Waals surface area contributed by atoms with Crippen molar-refractivity contribution in [1.82, 2.24) is 10.3 Å². The van der Waals surface area contributed by atoms with Gasteiger partial charge in [0.2, 0.25) is 11.8 Å². The van der Waals surface area contributed by atoms with Crippen LogP contribution in [0.5, 0.6) is 5.88 Å². The van der Waals surface area contributed by atoms with Gasteiger partial charge in [-0.05, 0) is 19.8 Å². The number of rotatable bonds is 4. The number of amides is 1. The largest absolute Gasteiger partial charge is 0.474 e. The summed E-state index contributed by atoms with van der Waals surface area (Å²) in [6, 6.07) is 2.08. The summed E-state index contributed by atoms with van der Waals surface area (Å²) in [5.74, 6) is 0.759. The van der Waals surface area contributed by atoms with Crippen molar-refractivity contribution in [2.75, 3.05) is 6.54 Å². The minimum Gasteiger partial charge on any atom is -0.474 e. The van der Waals surface area contributed by atoms with Crippen molar-refractivity contribution in [3.63, 3.8) is 0 Å². The van der Waals surface area contributed by atoms with Crippen LogP contribution in [0.2, 0.25) is 5.15 Å². The molecular weight excluding hydrogens is 302 g/mol. The van der Waals surface area contributed by atoms with Gasteiger partial charge in [0.15, 0.2) is 0 Å². The van der Waals surface area contributed by atoms with E-state index in [2.05, 4.69) is 23.3 Å². The van der Waals surface area contributed by atoms with Gasteiger partial charge in [-0.15, -0.1) is 0 Å². The van der Waals surface area contributed by atoms with Crippen LogP contribution in [0, 0.1) is 5.92 Å². The third kappa shape index (κ3) is 3.09. The van der Waals surface area contributed by atoms with Gasteiger partial charge in [0.1, 0.15) is 11.3 Å². The molecule has 118 valence electrons. The van der Waals surface area contributed by atoms with Gasteiger partial charge in [-0.1, -0.05) is 24.6 Å². The molecular formula is C16H20ClN3O2. The molecule has 1 aromatic heterocycles. The summed E-state index contributed by atoms with van der Waals surface area (Å²) in [6.07, 6.45) is 4.40. The Balaban J connectivity index is 1.89. The van der Waals surface area contributed by atoms with Gasteiger partial charge in [0, 0.05) is 24.9 Å². The number of nitrogens with zero attached hydrogens (tertiary/aromatic N) is 2. The molecule has 3 rings (SSSR count). The maximum absolute atomic E-state index is 11.3. The molecule has 0 aliphatic carbocycles. The Labute approximate surface area is 134 Å². The van der Waals surface area contributed by atoms with Gasteiger partial charge in [0.25, 0.3) is 0 Å². The van der Waals surface area contributed by atoms with Crippen molar-refractivity contribution >= 4 is 23.6 Å². The second kappa shape index (κ2) is 6.24. The molecule has 22 heavy (non-hydrogen) atoms. The quantitative estimate of drug-likeness (QED) is 0.848. The molecule has 1 aromatic rings. The van der Waals surface area contributed by atoms with E-state index in [9.17, 15) is 4.79 Å². The molecule has 3 heterocycles. The Hall–Kier alpha value is -1.62. The van der Waals surface area contributed by atoms with Gasteiger partial charge < -0.3 is 10.1 Å². The van der Waals surface area contributed by atoms with Gasteiger partial charge in [-0.3, -0.25) is 9.79 Å². The molecule has 2 aliphatic rings. The first-order valence-electron chi connectivity index (χ1n) is 7.74. The van der Waals surface area contributed by atoms with Gasteiger partial charge >= 0.3 is 0 Å². The van der Waals surface area contributed by atoms with Crippen LogP contribution in [0.3, 0.4) is 0 Å². The normalized spacial score (nSPS) is 24.8. The van der Waals surface area contributed by atoms with Crippen molar-refractivity contribution in [3.05, 3.63) is 21.8 Å². The minimum absolute atomic E-state index is 0.0777. The first-order chi connectivity index (χ1) is 10.6. The summed E-state index contributed by atoms with van der Waals surface area (Å²) in [5.41, 5.74) is 0. The number of carbonyl (C=O) groups excluding carboxylic acids is 1. The molecule has 1 amide bonds. The molecule has 3 atom stereocenters. The fourth-order valence-electron chi connectivity index (χ4n) is 2.87. The van der Waals surface area contributed by atoms with E-state index in [1.807, 2.05) is 6.92 Å². The predicted octanol–water partition coefficient (Wildman–Crippen LogP) is 1.22. The number of hydrogen-bond acceptors (Lipinski definition) is 4. The lowest BCUT2D eigenvalue weighted by Gasteiger charge is -2.20. The number of carbonyl (C=O) groups is 1. The first-order valence-corrected chi connectivity index (χ1v) is 8.12.